The topological polar surface area (TPSA) is 64.7 Å². The van der Waals surface area contributed by atoms with Gasteiger partial charge >= 0.3 is 0 Å². The molecule has 3 rings (SSSR count). The van der Waals surface area contributed by atoms with Gasteiger partial charge in [-0.1, -0.05) is 23.7 Å². The smallest absolute Gasteiger partial charge is 0.226 e. The minimum absolute atomic E-state index is 0.0622. The number of nitrogens with zero attached hydrogens (tertiary/aromatic N) is 4. The molecule has 1 N–H and O–H groups in total. The number of anilines is 1. The van der Waals surface area contributed by atoms with Gasteiger partial charge in [-0.15, -0.1) is 0 Å². The number of carbonyl (C=O) groups excluding carboxylic acids is 1. The van der Waals surface area contributed by atoms with Crippen molar-refractivity contribution in [1.82, 2.24) is 19.6 Å². The van der Waals surface area contributed by atoms with Crippen molar-refractivity contribution in [2.24, 2.45) is 0 Å². The van der Waals surface area contributed by atoms with Crippen LogP contribution in [0.3, 0.4) is 0 Å². The fraction of sp³-hybridized carbons (Fsp3) is 0.188. The third-order valence-electron chi connectivity index (χ3n) is 3.28. The van der Waals surface area contributed by atoms with E-state index < -0.39 is 0 Å². The first-order valence-corrected chi connectivity index (χ1v) is 7.61. The molecular formula is C16H16ClN5O. The number of aryl methyl sites for hydroxylation is 1. The molecule has 7 heteroatoms. The molecule has 2 aromatic heterocycles. The summed E-state index contributed by atoms with van der Waals surface area (Å²) in [5, 5.41) is 11.7. The number of hydrogen-bond donors (Lipinski definition) is 1. The molecule has 0 bridgehead atoms. The second kappa shape index (κ2) is 7.11. The van der Waals surface area contributed by atoms with Gasteiger partial charge in [0.15, 0.2) is 0 Å². The van der Waals surface area contributed by atoms with Gasteiger partial charge in [0, 0.05) is 37.2 Å². The molecule has 0 saturated heterocycles. The van der Waals surface area contributed by atoms with Crippen LogP contribution in [0, 0.1) is 0 Å². The first-order chi connectivity index (χ1) is 11.2. The van der Waals surface area contributed by atoms with Crippen molar-refractivity contribution < 1.29 is 4.79 Å². The highest BCUT2D eigenvalue weighted by Gasteiger charge is 2.05. The number of benzene rings is 1. The first-order valence-electron chi connectivity index (χ1n) is 7.23. The molecule has 0 saturated carbocycles. The number of rotatable bonds is 6. The molecule has 0 spiro atoms. The number of aromatic nitrogens is 4. The van der Waals surface area contributed by atoms with E-state index in [-0.39, 0.29) is 5.91 Å². The van der Waals surface area contributed by atoms with Crippen LogP contribution in [0.25, 0.3) is 0 Å². The van der Waals surface area contributed by atoms with Crippen LogP contribution < -0.4 is 5.32 Å². The lowest BCUT2D eigenvalue weighted by Gasteiger charge is -2.08. The summed E-state index contributed by atoms with van der Waals surface area (Å²) < 4.78 is 3.48. The quantitative estimate of drug-likeness (QED) is 0.756. The Bertz CT molecular complexity index is 781. The van der Waals surface area contributed by atoms with Crippen molar-refractivity contribution in [1.29, 1.82) is 0 Å². The number of hydrogen-bond acceptors (Lipinski definition) is 3. The van der Waals surface area contributed by atoms with E-state index in [0.717, 1.165) is 11.3 Å². The maximum atomic E-state index is 12.0. The summed E-state index contributed by atoms with van der Waals surface area (Å²) >= 11 is 5.79. The van der Waals surface area contributed by atoms with Crippen LogP contribution in [-0.4, -0.2) is 25.5 Å². The van der Waals surface area contributed by atoms with Crippen LogP contribution in [0.15, 0.2) is 55.1 Å². The largest absolute Gasteiger partial charge is 0.326 e. The molecule has 0 aliphatic carbocycles. The summed E-state index contributed by atoms with van der Waals surface area (Å²) in [5.74, 6) is -0.0622. The molecular weight excluding hydrogens is 314 g/mol. The number of amides is 1. The zero-order chi connectivity index (χ0) is 16.1. The standard InChI is InChI=1S/C16H16ClN5O/c17-14-10-19-22(12-14)8-5-16(23)20-15-4-1-3-13(9-15)11-21-7-2-6-18-21/h1-4,6-7,9-10,12H,5,8,11H2,(H,20,23). The van der Waals surface area contributed by atoms with Crippen molar-refractivity contribution in [3.8, 4) is 0 Å². The van der Waals surface area contributed by atoms with Gasteiger partial charge in [0.1, 0.15) is 0 Å². The first kappa shape index (κ1) is 15.3. The molecule has 1 amide bonds. The van der Waals surface area contributed by atoms with E-state index in [4.69, 9.17) is 11.6 Å². The van der Waals surface area contributed by atoms with Crippen LogP contribution in [0.1, 0.15) is 12.0 Å². The highest BCUT2D eigenvalue weighted by Crippen LogP contribution is 2.12. The molecule has 0 fully saturated rings. The van der Waals surface area contributed by atoms with Crippen molar-refractivity contribution >= 4 is 23.2 Å². The Morgan fingerprint density at radius 3 is 2.87 bits per heavy atom. The van der Waals surface area contributed by atoms with E-state index in [9.17, 15) is 4.79 Å². The monoisotopic (exact) mass is 329 g/mol. The third kappa shape index (κ3) is 4.43. The lowest BCUT2D eigenvalue weighted by atomic mass is 10.2. The van der Waals surface area contributed by atoms with Gasteiger partial charge in [0.2, 0.25) is 5.91 Å². The predicted octanol–water partition coefficient (Wildman–Crippen LogP) is 2.81. The van der Waals surface area contributed by atoms with Crippen molar-refractivity contribution in [2.45, 2.75) is 19.5 Å². The van der Waals surface area contributed by atoms with Gasteiger partial charge in [-0.2, -0.15) is 10.2 Å². The Balaban J connectivity index is 1.55. The fourth-order valence-electron chi connectivity index (χ4n) is 2.23. The zero-order valence-corrected chi connectivity index (χ0v) is 13.1. The van der Waals surface area contributed by atoms with Gasteiger partial charge in [0.05, 0.1) is 17.8 Å². The third-order valence-corrected chi connectivity index (χ3v) is 3.48. The SMILES string of the molecule is O=C(CCn1cc(Cl)cn1)Nc1cccc(Cn2cccn2)c1. The summed E-state index contributed by atoms with van der Waals surface area (Å²) in [4.78, 5) is 12.0. The minimum Gasteiger partial charge on any atom is -0.326 e. The number of carbonyl (C=O) groups is 1. The zero-order valence-electron chi connectivity index (χ0n) is 12.4. The van der Waals surface area contributed by atoms with Crippen LogP contribution in [0.5, 0.6) is 0 Å². The molecule has 118 valence electrons. The summed E-state index contributed by atoms with van der Waals surface area (Å²) in [6.45, 7) is 1.16. The second-order valence-corrected chi connectivity index (χ2v) is 5.56. The molecule has 0 aliphatic rings. The van der Waals surface area contributed by atoms with E-state index in [2.05, 4.69) is 15.5 Å². The van der Waals surface area contributed by atoms with Crippen molar-refractivity contribution in [3.05, 3.63) is 65.7 Å². The average molecular weight is 330 g/mol. The Labute approximate surface area is 138 Å². The van der Waals surface area contributed by atoms with Gasteiger partial charge < -0.3 is 5.32 Å². The predicted molar refractivity (Wildman–Crippen MR) is 88.3 cm³/mol. The summed E-state index contributed by atoms with van der Waals surface area (Å²) in [5.41, 5.74) is 1.85. The Hall–Kier alpha value is -2.60. The highest BCUT2D eigenvalue weighted by molar-refractivity contribution is 6.30. The summed E-state index contributed by atoms with van der Waals surface area (Å²) in [6.07, 6.45) is 7.23. The molecule has 6 nitrogen and oxygen atoms in total. The molecule has 23 heavy (non-hydrogen) atoms. The number of nitrogens with one attached hydrogen (secondary N) is 1. The molecule has 0 atom stereocenters. The maximum absolute atomic E-state index is 12.0. The van der Waals surface area contributed by atoms with E-state index in [0.29, 0.717) is 24.5 Å². The van der Waals surface area contributed by atoms with Gasteiger partial charge in [-0.3, -0.25) is 14.2 Å². The molecule has 2 heterocycles. The van der Waals surface area contributed by atoms with E-state index in [1.807, 2.05) is 41.2 Å². The molecule has 0 unspecified atom stereocenters. The molecule has 1 aromatic carbocycles. The maximum Gasteiger partial charge on any atom is 0.226 e. The van der Waals surface area contributed by atoms with Crippen LogP contribution >= 0.6 is 11.6 Å². The Kier molecular flexibility index (Phi) is 4.73. The van der Waals surface area contributed by atoms with E-state index in [1.165, 1.54) is 0 Å². The van der Waals surface area contributed by atoms with Gasteiger partial charge in [-0.05, 0) is 23.8 Å². The fourth-order valence-corrected chi connectivity index (χ4v) is 2.38. The minimum atomic E-state index is -0.0622. The second-order valence-electron chi connectivity index (χ2n) is 5.12. The van der Waals surface area contributed by atoms with Crippen LogP contribution in [-0.2, 0) is 17.9 Å². The lowest BCUT2D eigenvalue weighted by molar-refractivity contribution is -0.116. The average Bonchev–Trinajstić information content (AvgIpc) is 3.17. The Morgan fingerprint density at radius 1 is 1.22 bits per heavy atom. The van der Waals surface area contributed by atoms with E-state index >= 15 is 0 Å². The molecule has 0 radical (unpaired) electrons. The van der Waals surface area contributed by atoms with Gasteiger partial charge in [0.25, 0.3) is 0 Å². The van der Waals surface area contributed by atoms with Crippen molar-refractivity contribution in [2.75, 3.05) is 5.32 Å². The molecule has 3 aromatic rings. The lowest BCUT2D eigenvalue weighted by Crippen LogP contribution is -2.15. The van der Waals surface area contributed by atoms with Crippen LogP contribution in [0.2, 0.25) is 5.02 Å². The van der Waals surface area contributed by atoms with Crippen molar-refractivity contribution in [3.63, 3.8) is 0 Å². The Morgan fingerprint density at radius 2 is 2.13 bits per heavy atom. The summed E-state index contributed by atoms with van der Waals surface area (Å²) in [7, 11) is 0. The normalized spacial score (nSPS) is 10.7. The van der Waals surface area contributed by atoms with E-state index in [1.54, 1.807) is 23.3 Å². The molecule has 0 aliphatic heterocycles. The van der Waals surface area contributed by atoms with Gasteiger partial charge in [-0.25, -0.2) is 0 Å². The highest BCUT2D eigenvalue weighted by atomic mass is 35.5. The number of halogens is 1. The summed E-state index contributed by atoms with van der Waals surface area (Å²) in [6, 6.07) is 9.62. The van der Waals surface area contributed by atoms with Crippen LogP contribution in [0.4, 0.5) is 5.69 Å².